The minimum atomic E-state index is -0.270. The van der Waals surface area contributed by atoms with Gasteiger partial charge in [0.25, 0.3) is 0 Å². The first kappa shape index (κ1) is 23.1. The third-order valence-corrected chi connectivity index (χ3v) is 7.10. The first-order valence-electron chi connectivity index (χ1n) is 12.0. The van der Waals surface area contributed by atoms with Gasteiger partial charge in [0.1, 0.15) is 11.6 Å². The Kier molecular flexibility index (Phi) is 7.03. The van der Waals surface area contributed by atoms with E-state index in [9.17, 15) is 8.78 Å². The summed E-state index contributed by atoms with van der Waals surface area (Å²) in [6, 6.07) is 13.4. The van der Waals surface area contributed by atoms with Crippen molar-refractivity contribution >= 4 is 17.9 Å². The minimum Gasteiger partial charge on any atom is -0.367 e. The zero-order chi connectivity index (χ0) is 23.5. The lowest BCUT2D eigenvalue weighted by molar-refractivity contribution is 0.191. The molecule has 0 atom stereocenters. The fourth-order valence-corrected chi connectivity index (χ4v) is 5.15. The molecule has 3 heterocycles. The summed E-state index contributed by atoms with van der Waals surface area (Å²) < 4.78 is 32.2. The zero-order valence-electron chi connectivity index (χ0n) is 19.2. The van der Waals surface area contributed by atoms with Crippen LogP contribution in [-0.2, 0) is 13.2 Å². The van der Waals surface area contributed by atoms with Crippen molar-refractivity contribution in [2.45, 2.75) is 32.5 Å². The van der Waals surface area contributed by atoms with E-state index in [1.165, 1.54) is 37.5 Å². The third-order valence-electron chi connectivity index (χ3n) is 6.70. The molecule has 34 heavy (non-hydrogen) atoms. The predicted molar refractivity (Wildman–Crippen MR) is 132 cm³/mol. The molecule has 3 aromatic rings. The number of aromatic nitrogens is 3. The molecular weight excluding hydrogens is 454 g/mol. The number of anilines is 1. The third kappa shape index (κ3) is 5.06. The molecule has 0 spiro atoms. The highest BCUT2D eigenvalue weighted by molar-refractivity contribution is 7.71. The molecule has 180 valence electrons. The van der Waals surface area contributed by atoms with Crippen LogP contribution in [0.4, 0.5) is 14.5 Å². The second kappa shape index (κ2) is 10.3. The first-order chi connectivity index (χ1) is 16.6. The molecule has 0 saturated carbocycles. The van der Waals surface area contributed by atoms with Crippen molar-refractivity contribution in [2.75, 3.05) is 44.2 Å². The lowest BCUT2D eigenvalue weighted by atomic mass is 10.1. The zero-order valence-corrected chi connectivity index (χ0v) is 20.1. The molecule has 6 nitrogen and oxygen atoms in total. The molecule has 0 radical (unpaired) electrons. The number of piperazine rings is 1. The van der Waals surface area contributed by atoms with Gasteiger partial charge in [0.15, 0.2) is 5.82 Å². The number of hydrogen-bond acceptors (Lipinski definition) is 5. The Morgan fingerprint density at radius 3 is 2.21 bits per heavy atom. The molecule has 0 amide bonds. The summed E-state index contributed by atoms with van der Waals surface area (Å²) in [5.74, 6) is 0.426. The maximum atomic E-state index is 14.2. The Morgan fingerprint density at radius 2 is 1.50 bits per heavy atom. The van der Waals surface area contributed by atoms with Crippen LogP contribution < -0.4 is 4.90 Å². The van der Waals surface area contributed by atoms with Crippen LogP contribution in [0.15, 0.2) is 48.5 Å². The van der Waals surface area contributed by atoms with Crippen molar-refractivity contribution in [1.29, 1.82) is 0 Å². The normalized spacial score (nSPS) is 17.9. The monoisotopic (exact) mass is 484 g/mol. The minimum absolute atomic E-state index is 0.182. The maximum Gasteiger partial charge on any atom is 0.203 e. The molecule has 1 aromatic heterocycles. The number of likely N-dealkylation sites (tertiary alicyclic amines) is 1. The summed E-state index contributed by atoms with van der Waals surface area (Å²) in [5, 5.41) is 4.91. The van der Waals surface area contributed by atoms with Crippen molar-refractivity contribution in [3.63, 3.8) is 0 Å². The Hall–Kier alpha value is -2.62. The number of para-hydroxylation sites is 1. The van der Waals surface area contributed by atoms with Crippen molar-refractivity contribution in [1.82, 2.24) is 24.1 Å². The molecular formula is C25H30F2N6S. The number of nitrogens with zero attached hydrogens (tertiary/aromatic N) is 6. The lowest BCUT2D eigenvalue weighted by Crippen LogP contribution is -2.47. The van der Waals surface area contributed by atoms with E-state index in [2.05, 4.69) is 14.7 Å². The van der Waals surface area contributed by atoms with Crippen LogP contribution in [0.2, 0.25) is 0 Å². The van der Waals surface area contributed by atoms with Gasteiger partial charge >= 0.3 is 0 Å². The standard InChI is InChI=1S/C25H30F2N6S/c26-20-8-10-21(11-9-20)33-24(18-29-12-4-1-5-13-29)28-32(25(33)34)19-30-14-16-31(17-15-30)23-7-3-2-6-22(23)27/h2-3,6-11H,1,4-5,12-19H2. The van der Waals surface area contributed by atoms with Crippen LogP contribution in [0, 0.1) is 16.4 Å². The second-order valence-electron chi connectivity index (χ2n) is 9.04. The largest absolute Gasteiger partial charge is 0.367 e. The van der Waals surface area contributed by atoms with E-state index in [0.717, 1.165) is 57.3 Å². The molecule has 2 aliphatic heterocycles. The molecule has 2 fully saturated rings. The Bertz CT molecular complexity index is 1160. The molecule has 0 N–H and O–H groups in total. The Labute approximate surface area is 204 Å². The van der Waals surface area contributed by atoms with Gasteiger partial charge in [0, 0.05) is 31.9 Å². The molecule has 2 aromatic carbocycles. The lowest BCUT2D eigenvalue weighted by Gasteiger charge is -2.35. The molecule has 0 bridgehead atoms. The van der Waals surface area contributed by atoms with Crippen LogP contribution in [0.5, 0.6) is 0 Å². The molecule has 2 saturated heterocycles. The highest BCUT2D eigenvalue weighted by Gasteiger charge is 2.22. The quantitative estimate of drug-likeness (QED) is 0.483. The van der Waals surface area contributed by atoms with Crippen molar-refractivity contribution in [2.24, 2.45) is 0 Å². The van der Waals surface area contributed by atoms with Gasteiger partial charge in [0.2, 0.25) is 4.77 Å². The maximum absolute atomic E-state index is 14.2. The summed E-state index contributed by atoms with van der Waals surface area (Å²) in [6.45, 7) is 6.48. The molecule has 0 aliphatic carbocycles. The van der Waals surface area contributed by atoms with E-state index in [-0.39, 0.29) is 11.6 Å². The van der Waals surface area contributed by atoms with E-state index >= 15 is 0 Å². The van der Waals surface area contributed by atoms with Gasteiger partial charge in [-0.1, -0.05) is 18.6 Å². The van der Waals surface area contributed by atoms with E-state index in [1.54, 1.807) is 18.2 Å². The SMILES string of the molecule is Fc1ccc(-n2c(CN3CCCCC3)nn(CN3CCN(c4ccccc4F)CC3)c2=S)cc1. The number of benzene rings is 2. The smallest absolute Gasteiger partial charge is 0.203 e. The van der Waals surface area contributed by atoms with E-state index in [4.69, 9.17) is 17.3 Å². The van der Waals surface area contributed by atoms with Gasteiger partial charge in [-0.2, -0.15) is 5.10 Å². The van der Waals surface area contributed by atoms with Crippen LogP contribution in [0.25, 0.3) is 5.69 Å². The Balaban J connectivity index is 1.34. The summed E-state index contributed by atoms with van der Waals surface area (Å²) in [6.07, 6.45) is 3.67. The van der Waals surface area contributed by atoms with Gasteiger partial charge < -0.3 is 4.90 Å². The highest BCUT2D eigenvalue weighted by atomic mass is 32.1. The van der Waals surface area contributed by atoms with Crippen LogP contribution in [0.1, 0.15) is 25.1 Å². The molecule has 0 unspecified atom stereocenters. The molecule has 5 rings (SSSR count). The average molecular weight is 485 g/mol. The van der Waals surface area contributed by atoms with Crippen molar-refractivity contribution in [3.05, 3.63) is 70.8 Å². The first-order valence-corrected chi connectivity index (χ1v) is 12.4. The predicted octanol–water partition coefficient (Wildman–Crippen LogP) is 4.45. The number of halogens is 2. The van der Waals surface area contributed by atoms with Crippen LogP contribution >= 0.6 is 12.2 Å². The number of piperidine rings is 1. The molecule has 2 aliphatic rings. The van der Waals surface area contributed by atoms with Gasteiger partial charge in [-0.15, -0.1) is 0 Å². The van der Waals surface area contributed by atoms with Gasteiger partial charge in [-0.3, -0.25) is 14.4 Å². The fraction of sp³-hybridized carbons (Fsp3) is 0.440. The second-order valence-corrected chi connectivity index (χ2v) is 9.41. The fourth-order valence-electron chi connectivity index (χ4n) is 4.84. The van der Waals surface area contributed by atoms with Crippen molar-refractivity contribution in [3.8, 4) is 5.69 Å². The van der Waals surface area contributed by atoms with Gasteiger partial charge in [-0.05, 0) is 74.5 Å². The van der Waals surface area contributed by atoms with Gasteiger partial charge in [0.05, 0.1) is 18.9 Å². The summed E-state index contributed by atoms with van der Waals surface area (Å²) >= 11 is 5.85. The number of rotatable bonds is 6. The summed E-state index contributed by atoms with van der Waals surface area (Å²) in [7, 11) is 0. The summed E-state index contributed by atoms with van der Waals surface area (Å²) in [5.41, 5.74) is 1.48. The van der Waals surface area contributed by atoms with E-state index < -0.39 is 0 Å². The molecule has 9 heteroatoms. The van der Waals surface area contributed by atoms with E-state index in [1.807, 2.05) is 21.4 Å². The highest BCUT2D eigenvalue weighted by Crippen LogP contribution is 2.21. The van der Waals surface area contributed by atoms with Crippen LogP contribution in [-0.4, -0.2) is 63.4 Å². The Morgan fingerprint density at radius 1 is 0.794 bits per heavy atom. The van der Waals surface area contributed by atoms with Gasteiger partial charge in [-0.25, -0.2) is 13.5 Å². The van der Waals surface area contributed by atoms with Crippen molar-refractivity contribution < 1.29 is 8.78 Å². The van der Waals surface area contributed by atoms with E-state index in [0.29, 0.717) is 17.1 Å². The average Bonchev–Trinajstić information content (AvgIpc) is 3.15. The topological polar surface area (TPSA) is 32.5 Å². The van der Waals surface area contributed by atoms with Crippen LogP contribution in [0.3, 0.4) is 0 Å². The summed E-state index contributed by atoms with van der Waals surface area (Å²) in [4.78, 5) is 6.79. The number of hydrogen-bond donors (Lipinski definition) is 0.